The largest absolute Gasteiger partial charge is 0.421 e. The monoisotopic (exact) mass is 265 g/mol. The Morgan fingerprint density at radius 2 is 1.56 bits per heavy atom. The Morgan fingerprint density at radius 1 is 1.11 bits per heavy atom. The number of aliphatic hydroxyl groups is 1. The molecule has 102 valence electrons. The first kappa shape index (κ1) is 14.8. The number of rotatable bonds is 3. The van der Waals surface area contributed by atoms with Gasteiger partial charge in [-0.3, -0.25) is 0 Å². The fraction of sp³-hybridized carbons (Fsp3) is 0.500. The molecule has 1 unspecified atom stereocenters. The van der Waals surface area contributed by atoms with Crippen molar-refractivity contribution < 1.29 is 22.8 Å². The van der Waals surface area contributed by atoms with Crippen LogP contribution in [0.25, 0.3) is 0 Å². The molecule has 0 radical (unpaired) electrons. The van der Waals surface area contributed by atoms with Crippen molar-refractivity contribution in [2.75, 3.05) is 5.12 Å². The van der Waals surface area contributed by atoms with Crippen molar-refractivity contribution in [3.8, 4) is 0 Å². The van der Waals surface area contributed by atoms with Gasteiger partial charge in [-0.2, -0.15) is 13.2 Å². The average molecular weight is 265 g/mol. The van der Waals surface area contributed by atoms with E-state index >= 15 is 0 Å². The van der Waals surface area contributed by atoms with Gasteiger partial charge in [-0.1, -0.05) is 16.6 Å². The second-order valence-electron chi connectivity index (χ2n) is 4.52. The zero-order valence-corrected chi connectivity index (χ0v) is 10.3. The van der Waals surface area contributed by atoms with E-state index in [2.05, 4.69) is 0 Å². The SMILES string of the molecule is CC(C)N(F)c1ccc(C(C)(O)C(F)(F)F)cc1. The third kappa shape index (κ3) is 2.75. The van der Waals surface area contributed by atoms with Crippen LogP contribution in [0.15, 0.2) is 24.3 Å². The summed E-state index contributed by atoms with van der Waals surface area (Å²) in [6, 6.07) is 4.12. The third-order valence-electron chi connectivity index (χ3n) is 2.68. The minimum atomic E-state index is -4.78. The van der Waals surface area contributed by atoms with E-state index in [1.54, 1.807) is 13.8 Å². The molecule has 0 bridgehead atoms. The van der Waals surface area contributed by atoms with E-state index in [9.17, 15) is 22.8 Å². The van der Waals surface area contributed by atoms with Crippen molar-refractivity contribution in [1.82, 2.24) is 0 Å². The van der Waals surface area contributed by atoms with E-state index in [-0.39, 0.29) is 11.3 Å². The lowest BCUT2D eigenvalue weighted by molar-refractivity contribution is -0.258. The van der Waals surface area contributed by atoms with Crippen LogP contribution in [0.3, 0.4) is 0 Å². The van der Waals surface area contributed by atoms with Crippen LogP contribution in [0.1, 0.15) is 26.3 Å². The maximum absolute atomic E-state index is 13.5. The van der Waals surface area contributed by atoms with Crippen molar-refractivity contribution >= 4 is 5.69 Å². The van der Waals surface area contributed by atoms with Crippen molar-refractivity contribution in [3.05, 3.63) is 29.8 Å². The summed E-state index contributed by atoms with van der Waals surface area (Å²) in [4.78, 5) is 0. The van der Waals surface area contributed by atoms with Crippen LogP contribution in [0.5, 0.6) is 0 Å². The molecule has 1 aromatic rings. The molecule has 2 nitrogen and oxygen atoms in total. The molecule has 1 rings (SSSR count). The molecule has 6 heteroatoms. The number of halogens is 4. The maximum Gasteiger partial charge on any atom is 0.421 e. The van der Waals surface area contributed by atoms with E-state index in [0.717, 1.165) is 12.1 Å². The summed E-state index contributed by atoms with van der Waals surface area (Å²) >= 11 is 0. The molecule has 0 saturated heterocycles. The highest BCUT2D eigenvalue weighted by molar-refractivity contribution is 5.46. The zero-order valence-electron chi connectivity index (χ0n) is 10.3. The summed E-state index contributed by atoms with van der Waals surface area (Å²) in [5.41, 5.74) is -3.12. The minimum absolute atomic E-state index is 0.145. The second kappa shape index (κ2) is 4.76. The molecular formula is C12H15F4NO. The topological polar surface area (TPSA) is 23.5 Å². The average Bonchev–Trinajstić information content (AvgIpc) is 2.26. The molecule has 0 aliphatic carbocycles. The van der Waals surface area contributed by atoms with Crippen molar-refractivity contribution in [1.29, 1.82) is 0 Å². The lowest BCUT2D eigenvalue weighted by Crippen LogP contribution is -2.39. The molecule has 0 aliphatic rings. The Bertz CT molecular complexity index is 398. The van der Waals surface area contributed by atoms with Crippen LogP contribution >= 0.6 is 0 Å². The Kier molecular flexibility index (Phi) is 3.90. The van der Waals surface area contributed by atoms with E-state index in [0.29, 0.717) is 12.0 Å². The lowest BCUT2D eigenvalue weighted by atomic mass is 9.95. The Morgan fingerprint density at radius 3 is 1.89 bits per heavy atom. The first-order chi connectivity index (χ1) is 8.07. The number of hydrogen-bond acceptors (Lipinski definition) is 2. The standard InChI is InChI=1S/C12H15F4NO/c1-8(2)17(16)10-6-4-9(5-7-10)11(3,18)12(13,14)15/h4-8,18H,1-3H3. The highest BCUT2D eigenvalue weighted by Crippen LogP contribution is 2.38. The summed E-state index contributed by atoms with van der Waals surface area (Å²) in [6.45, 7) is 3.89. The maximum atomic E-state index is 13.5. The quantitative estimate of drug-likeness (QED) is 0.667. The summed E-state index contributed by atoms with van der Waals surface area (Å²) in [7, 11) is 0. The van der Waals surface area contributed by atoms with Gasteiger partial charge in [0.25, 0.3) is 0 Å². The fourth-order valence-corrected chi connectivity index (χ4v) is 1.39. The van der Waals surface area contributed by atoms with Crippen LogP contribution in [0.2, 0.25) is 0 Å². The molecule has 0 aromatic heterocycles. The molecule has 18 heavy (non-hydrogen) atoms. The highest BCUT2D eigenvalue weighted by atomic mass is 19.4. The first-order valence-corrected chi connectivity index (χ1v) is 5.42. The van der Waals surface area contributed by atoms with E-state index in [4.69, 9.17) is 0 Å². The van der Waals surface area contributed by atoms with Gasteiger partial charge in [0, 0.05) is 0 Å². The third-order valence-corrected chi connectivity index (χ3v) is 2.68. The summed E-state index contributed by atoms with van der Waals surface area (Å²) in [5.74, 6) is 0. The van der Waals surface area contributed by atoms with Gasteiger partial charge < -0.3 is 5.11 Å². The van der Waals surface area contributed by atoms with Gasteiger partial charge >= 0.3 is 6.18 Å². The van der Waals surface area contributed by atoms with Crippen LogP contribution in [-0.2, 0) is 5.60 Å². The van der Waals surface area contributed by atoms with Crippen LogP contribution in [0.4, 0.5) is 23.3 Å². The lowest BCUT2D eigenvalue weighted by Gasteiger charge is -2.27. The van der Waals surface area contributed by atoms with Crippen LogP contribution < -0.4 is 5.12 Å². The molecule has 0 heterocycles. The van der Waals surface area contributed by atoms with Gasteiger partial charge in [-0.25, -0.2) is 5.12 Å². The predicted octanol–water partition coefficient (Wildman–Crippen LogP) is 3.56. The Balaban J connectivity index is 3.03. The first-order valence-electron chi connectivity index (χ1n) is 5.42. The van der Waals surface area contributed by atoms with Crippen molar-refractivity contribution in [2.24, 2.45) is 0 Å². The molecular weight excluding hydrogens is 250 g/mol. The molecule has 1 aromatic carbocycles. The predicted molar refractivity (Wildman–Crippen MR) is 60.8 cm³/mol. The smallest absolute Gasteiger partial charge is 0.376 e. The second-order valence-corrected chi connectivity index (χ2v) is 4.52. The van der Waals surface area contributed by atoms with Gasteiger partial charge in [-0.05, 0) is 38.5 Å². The molecule has 0 saturated carbocycles. The van der Waals surface area contributed by atoms with Crippen LogP contribution in [-0.4, -0.2) is 17.3 Å². The molecule has 0 amide bonds. The number of anilines is 1. The fourth-order valence-electron chi connectivity index (χ4n) is 1.39. The van der Waals surface area contributed by atoms with Gasteiger partial charge in [-0.15, -0.1) is 0 Å². The Labute approximate surface area is 103 Å². The van der Waals surface area contributed by atoms with Gasteiger partial charge in [0.1, 0.15) is 0 Å². The van der Waals surface area contributed by atoms with Gasteiger partial charge in [0.2, 0.25) is 0 Å². The Hall–Kier alpha value is -1.30. The summed E-state index contributed by atoms with van der Waals surface area (Å²) in [5, 5.41) is 9.87. The number of alkyl halides is 3. The number of benzene rings is 1. The van der Waals surface area contributed by atoms with Crippen molar-refractivity contribution in [3.63, 3.8) is 0 Å². The molecule has 1 N–H and O–H groups in total. The van der Waals surface area contributed by atoms with Gasteiger partial charge in [0.15, 0.2) is 5.60 Å². The summed E-state index contributed by atoms with van der Waals surface area (Å²) < 4.78 is 51.2. The van der Waals surface area contributed by atoms with E-state index < -0.39 is 17.8 Å². The number of hydrogen-bond donors (Lipinski definition) is 1. The molecule has 0 aliphatic heterocycles. The van der Waals surface area contributed by atoms with Gasteiger partial charge in [0.05, 0.1) is 11.7 Å². The molecule has 0 fully saturated rings. The molecule has 0 spiro atoms. The highest BCUT2D eigenvalue weighted by Gasteiger charge is 2.51. The van der Waals surface area contributed by atoms with Crippen LogP contribution in [0, 0.1) is 0 Å². The zero-order chi connectivity index (χ0) is 14.1. The number of nitrogens with zero attached hydrogens (tertiary/aromatic N) is 1. The molecule has 1 atom stereocenters. The van der Waals surface area contributed by atoms with E-state index in [1.807, 2.05) is 0 Å². The normalized spacial score (nSPS) is 15.6. The summed E-state index contributed by atoms with van der Waals surface area (Å²) in [6.07, 6.45) is -4.78. The van der Waals surface area contributed by atoms with Crippen molar-refractivity contribution in [2.45, 2.75) is 38.6 Å². The van der Waals surface area contributed by atoms with E-state index in [1.165, 1.54) is 12.1 Å². The minimum Gasteiger partial charge on any atom is -0.376 e.